The first-order chi connectivity index (χ1) is 9.38. The number of alkyl halides is 3. The third-order valence-electron chi connectivity index (χ3n) is 3.36. The number of hydrogen-bond acceptors (Lipinski definition) is 2. The summed E-state index contributed by atoms with van der Waals surface area (Å²) in [6.07, 6.45) is -5.62. The van der Waals surface area contributed by atoms with Crippen molar-refractivity contribution in [2.24, 2.45) is 0 Å². The molecule has 1 aromatic carbocycles. The lowest BCUT2D eigenvalue weighted by atomic mass is 10.00. The highest BCUT2D eigenvalue weighted by molar-refractivity contribution is 5.85. The van der Waals surface area contributed by atoms with Gasteiger partial charge in [0.2, 0.25) is 0 Å². The Morgan fingerprint density at radius 3 is 2.33 bits per heavy atom. The minimum Gasteiger partial charge on any atom is -0.314 e. The highest BCUT2D eigenvalue weighted by Crippen LogP contribution is 2.35. The van der Waals surface area contributed by atoms with Crippen molar-refractivity contribution < 1.29 is 22.0 Å². The van der Waals surface area contributed by atoms with Gasteiger partial charge in [0, 0.05) is 37.8 Å². The van der Waals surface area contributed by atoms with E-state index in [1.54, 1.807) is 4.90 Å². The van der Waals surface area contributed by atoms with Gasteiger partial charge in [0.15, 0.2) is 11.6 Å². The minimum absolute atomic E-state index is 0. The fourth-order valence-electron chi connectivity index (χ4n) is 2.43. The van der Waals surface area contributed by atoms with Gasteiger partial charge in [-0.15, -0.1) is 12.4 Å². The Kier molecular flexibility index (Phi) is 6.37. The SMILES string of the molecule is Cl.Fc1cccc([C@@H](CC(F)(F)F)N2CCNCC2)c1F. The van der Waals surface area contributed by atoms with Crippen LogP contribution in [0.1, 0.15) is 18.0 Å². The fourth-order valence-corrected chi connectivity index (χ4v) is 2.43. The van der Waals surface area contributed by atoms with Crippen molar-refractivity contribution in [1.82, 2.24) is 10.2 Å². The first-order valence-corrected chi connectivity index (χ1v) is 6.34. The van der Waals surface area contributed by atoms with Gasteiger partial charge in [-0.2, -0.15) is 13.2 Å². The fraction of sp³-hybridized carbons (Fsp3) is 0.538. The molecule has 0 saturated carbocycles. The average Bonchev–Trinajstić information content (AvgIpc) is 2.40. The average molecular weight is 331 g/mol. The van der Waals surface area contributed by atoms with Crippen LogP contribution in [0.25, 0.3) is 0 Å². The van der Waals surface area contributed by atoms with Crippen molar-refractivity contribution in [3.8, 4) is 0 Å². The maximum atomic E-state index is 13.8. The molecule has 1 aromatic rings. The van der Waals surface area contributed by atoms with Gasteiger partial charge in [0.05, 0.1) is 6.42 Å². The molecule has 8 heteroatoms. The molecular formula is C13H16ClF5N2. The first-order valence-electron chi connectivity index (χ1n) is 6.34. The van der Waals surface area contributed by atoms with Gasteiger partial charge in [-0.05, 0) is 6.07 Å². The molecule has 0 spiro atoms. The molecule has 1 N–H and O–H groups in total. The van der Waals surface area contributed by atoms with Crippen LogP contribution in [0.15, 0.2) is 18.2 Å². The molecular weight excluding hydrogens is 315 g/mol. The molecule has 1 aliphatic rings. The molecule has 2 nitrogen and oxygen atoms in total. The zero-order valence-electron chi connectivity index (χ0n) is 11.1. The van der Waals surface area contributed by atoms with Crippen LogP contribution < -0.4 is 5.32 Å². The number of halogens is 6. The lowest BCUT2D eigenvalue weighted by molar-refractivity contribution is -0.149. The Morgan fingerprint density at radius 2 is 1.76 bits per heavy atom. The molecule has 1 heterocycles. The van der Waals surface area contributed by atoms with Gasteiger partial charge in [0.1, 0.15) is 0 Å². The summed E-state index contributed by atoms with van der Waals surface area (Å²) < 4.78 is 65.2. The van der Waals surface area contributed by atoms with E-state index in [2.05, 4.69) is 5.32 Å². The van der Waals surface area contributed by atoms with Crippen molar-refractivity contribution in [2.45, 2.75) is 18.6 Å². The molecule has 0 unspecified atom stereocenters. The van der Waals surface area contributed by atoms with E-state index < -0.39 is 30.3 Å². The third-order valence-corrected chi connectivity index (χ3v) is 3.36. The number of nitrogens with zero attached hydrogens (tertiary/aromatic N) is 1. The number of rotatable bonds is 3. The largest absolute Gasteiger partial charge is 0.390 e. The summed E-state index contributed by atoms with van der Waals surface area (Å²) in [5, 5.41) is 3.02. The molecule has 0 aliphatic carbocycles. The van der Waals surface area contributed by atoms with Gasteiger partial charge in [-0.25, -0.2) is 8.78 Å². The van der Waals surface area contributed by atoms with Crippen molar-refractivity contribution in [3.05, 3.63) is 35.4 Å². The number of benzene rings is 1. The summed E-state index contributed by atoms with van der Waals surface area (Å²) in [4.78, 5) is 1.54. The van der Waals surface area contributed by atoms with Crippen LogP contribution in [-0.4, -0.2) is 37.3 Å². The smallest absolute Gasteiger partial charge is 0.314 e. The van der Waals surface area contributed by atoms with E-state index in [1.807, 2.05) is 0 Å². The highest BCUT2D eigenvalue weighted by Gasteiger charge is 2.37. The van der Waals surface area contributed by atoms with Gasteiger partial charge in [-0.1, -0.05) is 12.1 Å². The van der Waals surface area contributed by atoms with Crippen molar-refractivity contribution in [3.63, 3.8) is 0 Å². The summed E-state index contributed by atoms with van der Waals surface area (Å²) in [6, 6.07) is 2.17. The van der Waals surface area contributed by atoms with Crippen LogP contribution >= 0.6 is 12.4 Å². The van der Waals surface area contributed by atoms with Gasteiger partial charge < -0.3 is 5.32 Å². The zero-order chi connectivity index (χ0) is 14.8. The molecule has 1 saturated heterocycles. The van der Waals surface area contributed by atoms with Crippen LogP contribution in [0, 0.1) is 11.6 Å². The predicted molar refractivity (Wildman–Crippen MR) is 71.5 cm³/mol. The Labute approximate surface area is 125 Å². The van der Waals surface area contributed by atoms with E-state index in [4.69, 9.17) is 0 Å². The first kappa shape index (κ1) is 18.1. The second-order valence-corrected chi connectivity index (χ2v) is 4.76. The predicted octanol–water partition coefficient (Wildman–Crippen LogP) is 3.29. The maximum Gasteiger partial charge on any atom is 0.390 e. The topological polar surface area (TPSA) is 15.3 Å². The standard InChI is InChI=1S/C13H15F5N2.ClH/c14-10-3-1-2-9(12(10)15)11(8-13(16,17)18)20-6-4-19-5-7-20;/h1-3,11,19H,4-8H2;1H/t11-;/m1./s1. The zero-order valence-corrected chi connectivity index (χ0v) is 11.9. The number of hydrogen-bond donors (Lipinski definition) is 1. The van der Waals surface area contributed by atoms with Crippen molar-refractivity contribution >= 4 is 12.4 Å². The van der Waals surface area contributed by atoms with Crippen LogP contribution in [0.5, 0.6) is 0 Å². The normalized spacial score (nSPS) is 18.1. The van der Waals surface area contributed by atoms with E-state index in [-0.39, 0.29) is 18.0 Å². The summed E-state index contributed by atoms with van der Waals surface area (Å²) in [7, 11) is 0. The lowest BCUT2D eigenvalue weighted by Gasteiger charge is -2.35. The summed E-state index contributed by atoms with van der Waals surface area (Å²) in [5.41, 5.74) is -0.232. The quantitative estimate of drug-likeness (QED) is 0.856. The Morgan fingerprint density at radius 1 is 1.14 bits per heavy atom. The third kappa shape index (κ3) is 4.79. The Bertz CT molecular complexity index is 460. The van der Waals surface area contributed by atoms with E-state index >= 15 is 0 Å². The Hall–Kier alpha value is -0.920. The number of piperazine rings is 1. The second-order valence-electron chi connectivity index (χ2n) is 4.76. The molecule has 0 bridgehead atoms. The van der Waals surface area contributed by atoms with Crippen LogP contribution in [0.4, 0.5) is 22.0 Å². The molecule has 1 aliphatic heterocycles. The van der Waals surface area contributed by atoms with E-state index in [0.717, 1.165) is 6.07 Å². The summed E-state index contributed by atoms with van der Waals surface area (Å²) in [5.74, 6) is -2.31. The van der Waals surface area contributed by atoms with Crippen LogP contribution in [0.2, 0.25) is 0 Å². The molecule has 0 radical (unpaired) electrons. The molecule has 2 rings (SSSR count). The summed E-state index contributed by atoms with van der Waals surface area (Å²) >= 11 is 0. The van der Waals surface area contributed by atoms with Gasteiger partial charge in [0.25, 0.3) is 0 Å². The molecule has 120 valence electrons. The second kappa shape index (κ2) is 7.38. The minimum atomic E-state index is -4.44. The van der Waals surface area contributed by atoms with Crippen LogP contribution in [0.3, 0.4) is 0 Å². The lowest BCUT2D eigenvalue weighted by Crippen LogP contribution is -2.46. The van der Waals surface area contributed by atoms with E-state index in [9.17, 15) is 22.0 Å². The molecule has 0 amide bonds. The molecule has 21 heavy (non-hydrogen) atoms. The molecule has 1 atom stereocenters. The summed E-state index contributed by atoms with van der Waals surface area (Å²) in [6.45, 7) is 1.81. The Balaban J connectivity index is 0.00000220. The van der Waals surface area contributed by atoms with Crippen molar-refractivity contribution in [2.75, 3.05) is 26.2 Å². The molecule has 0 aromatic heterocycles. The number of nitrogens with one attached hydrogen (secondary N) is 1. The molecule has 1 fully saturated rings. The van der Waals surface area contributed by atoms with E-state index in [0.29, 0.717) is 26.2 Å². The monoisotopic (exact) mass is 330 g/mol. The van der Waals surface area contributed by atoms with Gasteiger partial charge in [-0.3, -0.25) is 4.90 Å². The maximum absolute atomic E-state index is 13.8. The van der Waals surface area contributed by atoms with Gasteiger partial charge >= 0.3 is 6.18 Å². The van der Waals surface area contributed by atoms with Crippen molar-refractivity contribution in [1.29, 1.82) is 0 Å². The van der Waals surface area contributed by atoms with E-state index in [1.165, 1.54) is 12.1 Å². The highest BCUT2D eigenvalue weighted by atomic mass is 35.5. The van der Waals surface area contributed by atoms with Crippen LogP contribution in [-0.2, 0) is 0 Å².